The minimum absolute atomic E-state index is 0. The summed E-state index contributed by atoms with van der Waals surface area (Å²) in [4.78, 5) is 0. The Kier molecular flexibility index (Phi) is 176. The average molecular weight is 248 g/mol. The van der Waals surface area contributed by atoms with Crippen LogP contribution in [0.4, 0.5) is 0 Å². The molecule has 0 rings (SSSR count). The summed E-state index contributed by atoms with van der Waals surface area (Å²) >= 11 is 0. The molecule has 0 spiro atoms. The molecule has 0 saturated carbocycles. The molecule has 0 aliphatic carbocycles. The molecule has 4 heteroatoms. The molecule has 0 atom stereocenters. The van der Waals surface area contributed by atoms with Crippen molar-refractivity contribution in [2.45, 2.75) is 0 Å². The van der Waals surface area contributed by atoms with E-state index in [1.807, 2.05) is 0 Å². The summed E-state index contributed by atoms with van der Waals surface area (Å²) < 4.78 is 0. The number of rotatable bonds is 0. The Hall–Kier alpha value is 2.09. The van der Waals surface area contributed by atoms with Crippen molar-refractivity contribution in [1.82, 2.24) is 0 Å². The van der Waals surface area contributed by atoms with Crippen LogP contribution in [0.15, 0.2) is 0 Å². The minimum Gasteiger partial charge on any atom is -2.00 e. The molecule has 0 amide bonds. The van der Waals surface area contributed by atoms with E-state index < -0.39 is 0 Å². The molecule has 0 fully saturated rings. The molecule has 25 valence electrons. The Balaban J connectivity index is 0. The zero-order valence-electron chi connectivity index (χ0n) is 1.70. The fourth-order valence-electron chi connectivity index (χ4n) is 0. The van der Waals surface area contributed by atoms with E-state index >= 15 is 0 Å². The number of hydrogen-bond acceptors (Lipinski definition) is 0. The molecule has 0 aromatic rings. The van der Waals surface area contributed by atoms with Crippen LogP contribution in [0.25, 0.3) is 0 Å². The topological polar surface area (TPSA) is 0 Å². The third kappa shape index (κ3) is 8.94. The van der Waals surface area contributed by atoms with Gasteiger partial charge in [-0.15, -0.1) is 0 Å². The van der Waals surface area contributed by atoms with Crippen LogP contribution in [-0.2, 0) is 17.1 Å². The zero-order valence-corrected chi connectivity index (χ0v) is 7.22. The Bertz CT molecular complexity index is 6.00. The van der Waals surface area contributed by atoms with Crippen molar-refractivity contribution in [3.63, 3.8) is 0 Å². The van der Waals surface area contributed by atoms with Crippen molar-refractivity contribution in [2.24, 2.45) is 0 Å². The second-order valence-electron chi connectivity index (χ2n) is 0. The van der Waals surface area contributed by atoms with Crippen molar-refractivity contribution in [2.75, 3.05) is 0 Å². The molecule has 1 radical (unpaired) electrons. The molecule has 4 heavy (non-hydrogen) atoms. The van der Waals surface area contributed by atoms with E-state index in [0.29, 0.717) is 0 Å². The fraction of sp³-hybridized carbons (Fsp3) is 0. The molecule has 0 unspecified atom stereocenters. The van der Waals surface area contributed by atoms with Crippen LogP contribution in [0.2, 0.25) is 0 Å². The van der Waals surface area contributed by atoms with Crippen molar-refractivity contribution >= 4 is 51.5 Å². The molecule has 0 saturated heterocycles. The predicted octanol–water partition coefficient (Wildman–Crippen LogP) is -1.14. The van der Waals surface area contributed by atoms with Crippen LogP contribution < -0.4 is 0 Å². The first-order valence-electron chi connectivity index (χ1n) is 0. The third-order valence-corrected chi connectivity index (χ3v) is 0. The zero-order chi connectivity index (χ0) is 0. The van der Waals surface area contributed by atoms with Crippen LogP contribution in [0, 0.1) is 0 Å². The molecule has 0 nitrogen and oxygen atoms in total. The van der Waals surface area contributed by atoms with E-state index in [0.717, 1.165) is 0 Å². The maximum absolute atomic E-state index is 0. The first-order chi connectivity index (χ1) is 0. The van der Waals surface area contributed by atoms with Gasteiger partial charge in [0, 0.05) is 0 Å². The standard InChI is InChI=1S/Al.Cu.2Se/q+3;+2;2*-2. The summed E-state index contributed by atoms with van der Waals surface area (Å²) in [5.41, 5.74) is 0. The Morgan fingerprint density at radius 2 is 0.750 bits per heavy atom. The maximum atomic E-state index is 0. The normalized spacial score (nSPS) is 0. The summed E-state index contributed by atoms with van der Waals surface area (Å²) in [6, 6.07) is 0. The van der Waals surface area contributed by atoms with Crippen LogP contribution in [0.3, 0.4) is 0 Å². The molecule has 0 aromatic carbocycles. The van der Waals surface area contributed by atoms with Gasteiger partial charge in [-0.05, 0) is 0 Å². The van der Waals surface area contributed by atoms with Crippen LogP contribution >= 0.6 is 0 Å². The van der Waals surface area contributed by atoms with E-state index in [4.69, 9.17) is 0 Å². The van der Waals surface area contributed by atoms with Crippen molar-refractivity contribution in [3.8, 4) is 0 Å². The summed E-state index contributed by atoms with van der Waals surface area (Å²) in [6.07, 6.45) is 0. The first kappa shape index (κ1) is 36.1. The Morgan fingerprint density at radius 3 is 0.750 bits per heavy atom. The van der Waals surface area contributed by atoms with Crippen LogP contribution in [0.5, 0.6) is 0 Å². The van der Waals surface area contributed by atoms with Gasteiger partial charge in [-0.3, -0.25) is 0 Å². The second-order valence-corrected chi connectivity index (χ2v) is 0. The van der Waals surface area contributed by atoms with Gasteiger partial charge in [0.25, 0.3) is 0 Å². The van der Waals surface area contributed by atoms with Gasteiger partial charge in [-0.1, -0.05) is 0 Å². The van der Waals surface area contributed by atoms with Gasteiger partial charge in [-0.25, -0.2) is 0 Å². The summed E-state index contributed by atoms with van der Waals surface area (Å²) in [7, 11) is 0. The minimum atomic E-state index is 0. The van der Waals surface area contributed by atoms with Crippen molar-refractivity contribution in [1.29, 1.82) is 0 Å². The summed E-state index contributed by atoms with van der Waals surface area (Å²) in [5.74, 6) is 0. The van der Waals surface area contributed by atoms with Gasteiger partial charge in [0.1, 0.15) is 0 Å². The van der Waals surface area contributed by atoms with Gasteiger partial charge in [0.2, 0.25) is 0 Å². The Morgan fingerprint density at radius 1 is 0.750 bits per heavy atom. The maximum Gasteiger partial charge on any atom is 3.00 e. The summed E-state index contributed by atoms with van der Waals surface area (Å²) in [5, 5.41) is 0. The molecule has 0 heterocycles. The van der Waals surface area contributed by atoms with E-state index in [2.05, 4.69) is 0 Å². The SMILES string of the molecule is [Al+3].[Cu+2].[Se-2].[Se-2]. The molecule has 0 aliphatic rings. The van der Waals surface area contributed by atoms with Gasteiger partial charge < -0.3 is 34.1 Å². The molecular weight excluding hydrogens is 248 g/mol. The van der Waals surface area contributed by atoms with Crippen LogP contribution in [0.1, 0.15) is 0 Å². The molecular formula is AlCuSe2+. The predicted molar refractivity (Wildman–Crippen MR) is 17.3 cm³/mol. The van der Waals surface area contributed by atoms with Gasteiger partial charge >= 0.3 is 34.4 Å². The van der Waals surface area contributed by atoms with Gasteiger partial charge in [0.05, 0.1) is 0 Å². The first-order valence-corrected chi connectivity index (χ1v) is 0. The van der Waals surface area contributed by atoms with Crippen molar-refractivity contribution in [3.05, 3.63) is 0 Å². The third-order valence-electron chi connectivity index (χ3n) is 0. The van der Waals surface area contributed by atoms with E-state index in [1.54, 1.807) is 0 Å². The average Bonchev–Trinajstić information content (AvgIpc) is 0. The monoisotopic (exact) mass is 250 g/mol. The second kappa shape index (κ2) is 19.5. The van der Waals surface area contributed by atoms with E-state index in [-0.39, 0.29) is 68.6 Å². The van der Waals surface area contributed by atoms with Gasteiger partial charge in [0.15, 0.2) is 0 Å². The van der Waals surface area contributed by atoms with Crippen molar-refractivity contribution < 1.29 is 17.1 Å². The molecule has 0 aromatic heterocycles. The Labute approximate surface area is 68.0 Å². The van der Waals surface area contributed by atoms with E-state index in [1.165, 1.54) is 0 Å². The summed E-state index contributed by atoms with van der Waals surface area (Å²) in [6.45, 7) is 0. The van der Waals surface area contributed by atoms with E-state index in [9.17, 15) is 0 Å². The van der Waals surface area contributed by atoms with Crippen LogP contribution in [-0.4, -0.2) is 51.5 Å². The molecule has 0 aliphatic heterocycles. The van der Waals surface area contributed by atoms with Gasteiger partial charge in [-0.2, -0.15) is 0 Å². The molecule has 0 bridgehead atoms. The quantitative estimate of drug-likeness (QED) is 0.475. The smallest absolute Gasteiger partial charge is 2.00 e. The fourth-order valence-corrected chi connectivity index (χ4v) is 0. The molecule has 0 N–H and O–H groups in total. The number of hydrogen-bond donors (Lipinski definition) is 0. The largest absolute Gasteiger partial charge is 3.00 e.